The van der Waals surface area contributed by atoms with Gasteiger partial charge in [0.15, 0.2) is 5.69 Å². The van der Waals surface area contributed by atoms with Gasteiger partial charge in [-0.2, -0.15) is 18.3 Å². The summed E-state index contributed by atoms with van der Waals surface area (Å²) < 4.78 is 60.9. The van der Waals surface area contributed by atoms with Gasteiger partial charge in [-0.3, -0.25) is 4.68 Å². The molecule has 0 unspecified atom stereocenters. The first-order chi connectivity index (χ1) is 17.0. The average molecular weight is 500 g/mol. The van der Waals surface area contributed by atoms with E-state index < -0.39 is 17.7 Å². The van der Waals surface area contributed by atoms with Crippen LogP contribution in [0.2, 0.25) is 0 Å². The van der Waals surface area contributed by atoms with E-state index in [0.29, 0.717) is 17.2 Å². The largest absolute Gasteiger partial charge is 0.461 e. The van der Waals surface area contributed by atoms with Crippen molar-refractivity contribution in [3.63, 3.8) is 0 Å². The molecule has 0 bridgehead atoms. The van der Waals surface area contributed by atoms with E-state index in [1.54, 1.807) is 6.07 Å². The lowest BCUT2D eigenvalue weighted by Gasteiger charge is -2.14. The first kappa shape index (κ1) is 26.8. The topological polar surface area (TPSA) is 43.0 Å². The highest BCUT2D eigenvalue weighted by molar-refractivity contribution is 5.82. The second kappa shape index (κ2) is 10.8. The molecule has 190 valence electrons. The fraction of sp³-hybridized carbons (Fsp3) is 0.250. The molecule has 2 aromatic carbocycles. The summed E-state index contributed by atoms with van der Waals surface area (Å²) >= 11 is 0. The Hall–Kier alpha value is -3.81. The van der Waals surface area contributed by atoms with Gasteiger partial charge in [0.2, 0.25) is 0 Å². The van der Waals surface area contributed by atoms with Crippen LogP contribution in [-0.4, -0.2) is 9.78 Å². The number of aryl methyl sites for hydroxylation is 2. The minimum atomic E-state index is -4.60. The van der Waals surface area contributed by atoms with Crippen LogP contribution in [0.5, 0.6) is 0 Å². The first-order valence-electron chi connectivity index (χ1n) is 11.6. The third kappa shape index (κ3) is 5.70. The van der Waals surface area contributed by atoms with Crippen LogP contribution in [0.25, 0.3) is 28.3 Å². The number of furan rings is 1. The minimum absolute atomic E-state index is 0.0284. The molecular weight excluding hydrogens is 470 g/mol. The Bertz CT molecular complexity index is 1360. The van der Waals surface area contributed by atoms with E-state index in [9.17, 15) is 17.6 Å². The number of nitrogens with one attached hydrogen (secondary N) is 1. The lowest BCUT2D eigenvalue weighted by atomic mass is 10.1. The van der Waals surface area contributed by atoms with Crippen molar-refractivity contribution in [3.8, 4) is 22.6 Å². The fourth-order valence-electron chi connectivity index (χ4n) is 3.74. The van der Waals surface area contributed by atoms with E-state index in [-0.39, 0.29) is 11.3 Å². The standard InChI is InChI=1S/C26H23F4N3O.C2H6/c1-15(2)25(20-13-23(34-16(20)3)17-8-6-5-7-9-17)31-18-10-11-19(21(27)12-18)22-14-24(26(28,29)30)32-33(22)4;1-2/h5-14,31H,1-4H3;1-2H3. The number of alkyl halides is 3. The average Bonchev–Trinajstić information content (AvgIpc) is 3.42. The number of nitrogens with zero attached hydrogens (tertiary/aromatic N) is 2. The van der Waals surface area contributed by atoms with Gasteiger partial charge in [-0.1, -0.05) is 49.8 Å². The first-order valence-corrected chi connectivity index (χ1v) is 11.6. The molecule has 0 atom stereocenters. The van der Waals surface area contributed by atoms with Crippen LogP contribution in [0.15, 0.2) is 70.7 Å². The van der Waals surface area contributed by atoms with Crippen LogP contribution >= 0.6 is 0 Å². The molecule has 0 aliphatic carbocycles. The highest BCUT2D eigenvalue weighted by Gasteiger charge is 2.35. The summed E-state index contributed by atoms with van der Waals surface area (Å²) in [5.74, 6) is 0.754. The monoisotopic (exact) mass is 499 g/mol. The summed E-state index contributed by atoms with van der Waals surface area (Å²) in [6.45, 7) is 9.71. The van der Waals surface area contributed by atoms with Gasteiger partial charge in [-0.25, -0.2) is 4.39 Å². The van der Waals surface area contributed by atoms with Gasteiger partial charge in [-0.05, 0) is 51.1 Å². The number of hydrogen-bond acceptors (Lipinski definition) is 3. The predicted octanol–water partition coefficient (Wildman–Crippen LogP) is 8.70. The van der Waals surface area contributed by atoms with Crippen LogP contribution in [0, 0.1) is 12.7 Å². The molecule has 1 N–H and O–H groups in total. The smallest absolute Gasteiger partial charge is 0.435 e. The lowest BCUT2D eigenvalue weighted by molar-refractivity contribution is -0.141. The molecule has 4 rings (SSSR count). The quantitative estimate of drug-likeness (QED) is 0.279. The van der Waals surface area contributed by atoms with Crippen LogP contribution in [0.3, 0.4) is 0 Å². The van der Waals surface area contributed by atoms with Gasteiger partial charge in [0, 0.05) is 35.1 Å². The van der Waals surface area contributed by atoms with Crippen molar-refractivity contribution in [2.75, 3.05) is 5.32 Å². The molecule has 0 fully saturated rings. The molecule has 0 radical (unpaired) electrons. The Morgan fingerprint density at radius 2 is 1.64 bits per heavy atom. The number of halogens is 4. The van der Waals surface area contributed by atoms with E-state index >= 15 is 0 Å². The zero-order valence-corrected chi connectivity index (χ0v) is 21.1. The van der Waals surface area contributed by atoms with Crippen LogP contribution < -0.4 is 5.32 Å². The van der Waals surface area contributed by atoms with Crippen LogP contribution in [0.4, 0.5) is 23.2 Å². The van der Waals surface area contributed by atoms with Gasteiger partial charge in [0.1, 0.15) is 17.3 Å². The third-order valence-electron chi connectivity index (χ3n) is 5.43. The molecule has 0 saturated carbocycles. The number of anilines is 1. The molecular formula is C28H29F4N3O. The van der Waals surface area contributed by atoms with E-state index in [4.69, 9.17) is 4.42 Å². The maximum atomic E-state index is 15.0. The molecule has 0 saturated heterocycles. The molecule has 8 heteroatoms. The van der Waals surface area contributed by atoms with Crippen molar-refractivity contribution in [1.29, 1.82) is 0 Å². The van der Waals surface area contributed by atoms with Crippen LogP contribution in [0.1, 0.15) is 44.7 Å². The highest BCUT2D eigenvalue weighted by Crippen LogP contribution is 2.35. The summed E-state index contributed by atoms with van der Waals surface area (Å²) in [5.41, 5.74) is 2.95. The van der Waals surface area contributed by atoms with Gasteiger partial charge >= 0.3 is 6.18 Å². The van der Waals surface area contributed by atoms with Crippen molar-refractivity contribution < 1.29 is 22.0 Å². The third-order valence-corrected chi connectivity index (χ3v) is 5.43. The van der Waals surface area contributed by atoms with Crippen molar-refractivity contribution in [3.05, 3.63) is 89.1 Å². The molecule has 0 aliphatic heterocycles. The summed E-state index contributed by atoms with van der Waals surface area (Å²) in [7, 11) is 1.35. The molecule has 0 spiro atoms. The van der Waals surface area contributed by atoms with E-state index in [1.807, 2.05) is 71.0 Å². The normalized spacial score (nSPS) is 11.1. The maximum absolute atomic E-state index is 15.0. The Morgan fingerprint density at radius 1 is 0.972 bits per heavy atom. The van der Waals surface area contributed by atoms with E-state index in [0.717, 1.165) is 33.1 Å². The summed E-state index contributed by atoms with van der Waals surface area (Å²) in [6.07, 6.45) is -4.60. The summed E-state index contributed by atoms with van der Waals surface area (Å²) in [4.78, 5) is 0. The Kier molecular flexibility index (Phi) is 8.07. The molecule has 4 nitrogen and oxygen atoms in total. The second-order valence-corrected chi connectivity index (χ2v) is 8.18. The molecule has 4 aromatic rings. The lowest BCUT2D eigenvalue weighted by Crippen LogP contribution is -2.06. The van der Waals surface area contributed by atoms with Crippen molar-refractivity contribution in [1.82, 2.24) is 9.78 Å². The Balaban J connectivity index is 0.00000176. The fourth-order valence-corrected chi connectivity index (χ4v) is 3.74. The van der Waals surface area contributed by atoms with E-state index in [1.165, 1.54) is 19.2 Å². The zero-order chi connectivity index (χ0) is 26.6. The molecule has 36 heavy (non-hydrogen) atoms. The summed E-state index contributed by atoms with van der Waals surface area (Å²) in [6, 6.07) is 16.8. The maximum Gasteiger partial charge on any atom is 0.435 e. The SMILES string of the molecule is CC.CC(C)=C(Nc1ccc(-c2cc(C(F)(F)F)nn2C)c(F)c1)c1cc(-c2ccccc2)oc1C. The Morgan fingerprint density at radius 3 is 2.19 bits per heavy atom. The highest BCUT2D eigenvalue weighted by atomic mass is 19.4. The number of benzene rings is 2. The van der Waals surface area contributed by atoms with Crippen molar-refractivity contribution >= 4 is 11.4 Å². The molecule has 2 heterocycles. The molecule has 0 aliphatic rings. The van der Waals surface area contributed by atoms with Gasteiger partial charge in [-0.15, -0.1) is 0 Å². The number of allylic oxidation sites excluding steroid dienone is 1. The summed E-state index contributed by atoms with van der Waals surface area (Å²) in [5, 5.41) is 6.70. The van der Waals surface area contributed by atoms with Crippen LogP contribution in [-0.2, 0) is 13.2 Å². The van der Waals surface area contributed by atoms with Gasteiger partial charge in [0.25, 0.3) is 0 Å². The minimum Gasteiger partial charge on any atom is -0.461 e. The number of hydrogen-bond donors (Lipinski definition) is 1. The molecule has 2 aromatic heterocycles. The predicted molar refractivity (Wildman–Crippen MR) is 136 cm³/mol. The number of rotatable bonds is 5. The molecule has 0 amide bonds. The van der Waals surface area contributed by atoms with Gasteiger partial charge in [0.05, 0.1) is 5.69 Å². The van der Waals surface area contributed by atoms with Crippen molar-refractivity contribution in [2.45, 2.75) is 40.8 Å². The van der Waals surface area contributed by atoms with E-state index in [2.05, 4.69) is 10.4 Å². The second-order valence-electron chi connectivity index (χ2n) is 8.18. The number of aromatic nitrogens is 2. The zero-order valence-electron chi connectivity index (χ0n) is 21.1. The Labute approximate surface area is 208 Å². The van der Waals surface area contributed by atoms with Crippen molar-refractivity contribution in [2.24, 2.45) is 7.05 Å². The van der Waals surface area contributed by atoms with Gasteiger partial charge < -0.3 is 9.73 Å².